The molecule has 150 valence electrons. The second kappa shape index (κ2) is 7.50. The summed E-state index contributed by atoms with van der Waals surface area (Å²) in [4.78, 5) is 18.2. The number of rotatable bonds is 5. The minimum Gasteiger partial charge on any atom is -0.497 e. The number of hydrogen-bond acceptors (Lipinski definition) is 6. The summed E-state index contributed by atoms with van der Waals surface area (Å²) in [5, 5.41) is 4.00. The van der Waals surface area contributed by atoms with E-state index in [4.69, 9.17) is 14.0 Å². The maximum atomic E-state index is 13.5. The van der Waals surface area contributed by atoms with Crippen molar-refractivity contribution in [1.82, 2.24) is 10.1 Å². The number of aromatic nitrogens is 2. The summed E-state index contributed by atoms with van der Waals surface area (Å²) in [5.74, 6) is -0.805. The zero-order valence-electron chi connectivity index (χ0n) is 15.7. The monoisotopic (exact) mass is 401 g/mol. The molecule has 7 nitrogen and oxygen atoms in total. The van der Waals surface area contributed by atoms with Crippen LogP contribution in [-0.2, 0) is 4.79 Å². The molecular formula is C20H17F2N3O4. The van der Waals surface area contributed by atoms with Crippen molar-refractivity contribution < 1.29 is 27.6 Å². The molecule has 0 aliphatic carbocycles. The molecule has 4 rings (SSSR count). The molecule has 0 saturated carbocycles. The number of methoxy groups -OCH3 is 2. The largest absolute Gasteiger partial charge is 0.497 e. The average Bonchev–Trinajstić information content (AvgIpc) is 3.36. The van der Waals surface area contributed by atoms with Gasteiger partial charge >= 0.3 is 0 Å². The van der Waals surface area contributed by atoms with Crippen LogP contribution < -0.4 is 14.4 Å². The summed E-state index contributed by atoms with van der Waals surface area (Å²) in [5.41, 5.74) is 0.880. The fraction of sp³-hybridized carbons (Fsp3) is 0.250. The van der Waals surface area contributed by atoms with Gasteiger partial charge in [-0.2, -0.15) is 4.98 Å². The summed E-state index contributed by atoms with van der Waals surface area (Å²) in [7, 11) is 3.07. The molecule has 9 heteroatoms. The Balaban J connectivity index is 1.57. The van der Waals surface area contributed by atoms with Crippen molar-refractivity contribution >= 4 is 11.6 Å². The van der Waals surface area contributed by atoms with Crippen molar-refractivity contribution in [2.45, 2.75) is 12.3 Å². The van der Waals surface area contributed by atoms with Crippen LogP contribution in [0.2, 0.25) is 0 Å². The minimum absolute atomic E-state index is 0.137. The maximum Gasteiger partial charge on any atom is 0.261 e. The third kappa shape index (κ3) is 3.51. The van der Waals surface area contributed by atoms with Crippen molar-refractivity contribution in [3.63, 3.8) is 0 Å². The zero-order valence-corrected chi connectivity index (χ0v) is 15.7. The maximum absolute atomic E-state index is 13.5. The van der Waals surface area contributed by atoms with E-state index in [0.29, 0.717) is 22.9 Å². The molecule has 1 unspecified atom stereocenters. The number of amides is 1. The van der Waals surface area contributed by atoms with Crippen LogP contribution in [0.3, 0.4) is 0 Å². The minimum atomic E-state index is -1.01. The molecule has 0 spiro atoms. The Hall–Kier alpha value is -3.49. The lowest BCUT2D eigenvalue weighted by molar-refractivity contribution is -0.117. The van der Waals surface area contributed by atoms with Gasteiger partial charge in [0.15, 0.2) is 17.5 Å². The van der Waals surface area contributed by atoms with Gasteiger partial charge in [-0.3, -0.25) is 4.79 Å². The first-order valence-corrected chi connectivity index (χ1v) is 8.81. The van der Waals surface area contributed by atoms with Gasteiger partial charge in [0.1, 0.15) is 11.5 Å². The van der Waals surface area contributed by atoms with Crippen molar-refractivity contribution in [3.8, 4) is 23.0 Å². The Kier molecular flexibility index (Phi) is 4.87. The van der Waals surface area contributed by atoms with Gasteiger partial charge in [-0.05, 0) is 24.3 Å². The molecule has 1 aromatic heterocycles. The molecule has 1 aliphatic heterocycles. The summed E-state index contributed by atoms with van der Waals surface area (Å²) in [6, 6.07) is 8.53. The number of halogens is 2. The van der Waals surface area contributed by atoms with Crippen LogP contribution in [0.1, 0.15) is 18.2 Å². The number of carbonyl (C=O) groups excluding carboxylic acids is 1. The Morgan fingerprint density at radius 3 is 2.66 bits per heavy atom. The van der Waals surface area contributed by atoms with Gasteiger partial charge in [-0.15, -0.1) is 0 Å². The molecule has 3 aromatic rings. The lowest BCUT2D eigenvalue weighted by atomic mass is 10.1. The predicted octanol–water partition coefficient (Wildman–Crippen LogP) is 3.55. The highest BCUT2D eigenvalue weighted by Crippen LogP contribution is 2.35. The average molecular weight is 401 g/mol. The van der Waals surface area contributed by atoms with Gasteiger partial charge in [0.05, 0.1) is 19.8 Å². The second-order valence-electron chi connectivity index (χ2n) is 6.53. The van der Waals surface area contributed by atoms with Crippen LogP contribution in [0.25, 0.3) is 11.5 Å². The molecule has 0 N–H and O–H groups in total. The van der Waals surface area contributed by atoms with Gasteiger partial charge in [-0.25, -0.2) is 8.78 Å². The highest BCUT2D eigenvalue weighted by molar-refractivity contribution is 5.96. The van der Waals surface area contributed by atoms with E-state index in [1.165, 1.54) is 18.1 Å². The van der Waals surface area contributed by atoms with Crippen molar-refractivity contribution in [1.29, 1.82) is 0 Å². The first kappa shape index (κ1) is 18.9. The molecule has 1 amide bonds. The summed E-state index contributed by atoms with van der Waals surface area (Å²) in [6.07, 6.45) is 0.137. The summed E-state index contributed by atoms with van der Waals surface area (Å²) >= 11 is 0. The van der Waals surface area contributed by atoms with Crippen molar-refractivity contribution in [3.05, 3.63) is 53.9 Å². The van der Waals surface area contributed by atoms with Crippen LogP contribution in [-0.4, -0.2) is 36.8 Å². The van der Waals surface area contributed by atoms with E-state index in [1.54, 1.807) is 25.3 Å². The van der Waals surface area contributed by atoms with Crippen LogP contribution in [0.4, 0.5) is 14.5 Å². The van der Waals surface area contributed by atoms with Crippen LogP contribution in [0.15, 0.2) is 40.9 Å². The van der Waals surface area contributed by atoms with Gasteiger partial charge in [-0.1, -0.05) is 5.16 Å². The molecule has 2 aromatic carbocycles. The number of hydrogen-bond donors (Lipinski definition) is 0. The van der Waals surface area contributed by atoms with Gasteiger partial charge in [0.2, 0.25) is 5.91 Å². The Labute approximate surface area is 164 Å². The van der Waals surface area contributed by atoms with E-state index in [0.717, 1.165) is 12.1 Å². The summed E-state index contributed by atoms with van der Waals surface area (Å²) in [6.45, 7) is 0.239. The highest BCUT2D eigenvalue weighted by atomic mass is 19.2. The van der Waals surface area contributed by atoms with E-state index in [2.05, 4.69) is 10.1 Å². The number of anilines is 1. The number of carbonyl (C=O) groups is 1. The number of ether oxygens (including phenoxy) is 2. The molecule has 1 saturated heterocycles. The number of nitrogens with zero attached hydrogens (tertiary/aromatic N) is 3. The third-order valence-electron chi connectivity index (χ3n) is 4.79. The molecular weight excluding hydrogens is 384 g/mol. The summed E-state index contributed by atoms with van der Waals surface area (Å²) < 4.78 is 42.6. The molecule has 2 heterocycles. The molecule has 1 fully saturated rings. The quantitative estimate of drug-likeness (QED) is 0.651. The molecule has 1 aliphatic rings. The first-order chi connectivity index (χ1) is 14.0. The van der Waals surface area contributed by atoms with E-state index in [9.17, 15) is 13.6 Å². The second-order valence-corrected chi connectivity index (χ2v) is 6.53. The molecule has 0 radical (unpaired) electrons. The van der Waals surface area contributed by atoms with Gasteiger partial charge in [0, 0.05) is 36.7 Å². The van der Waals surface area contributed by atoms with E-state index < -0.39 is 11.6 Å². The normalized spacial score (nSPS) is 16.3. The Morgan fingerprint density at radius 2 is 1.93 bits per heavy atom. The fourth-order valence-electron chi connectivity index (χ4n) is 3.27. The molecule has 29 heavy (non-hydrogen) atoms. The van der Waals surface area contributed by atoms with E-state index >= 15 is 0 Å². The SMILES string of the molecule is COc1ccc(-c2nc(C3CC(=O)N(c4ccc(F)c(F)c4)C3)no2)c(OC)c1. The van der Waals surface area contributed by atoms with Crippen LogP contribution >= 0.6 is 0 Å². The smallest absolute Gasteiger partial charge is 0.261 e. The predicted molar refractivity (Wildman–Crippen MR) is 98.9 cm³/mol. The van der Waals surface area contributed by atoms with Gasteiger partial charge in [0.25, 0.3) is 5.89 Å². The lowest BCUT2D eigenvalue weighted by Crippen LogP contribution is -2.24. The standard InChI is InChI=1S/C20H17F2N3O4/c1-27-13-4-5-14(17(9-13)28-2)20-23-19(24-29-20)11-7-18(26)25(10-11)12-3-6-15(21)16(22)8-12/h3-6,8-9,11H,7,10H2,1-2H3. The Morgan fingerprint density at radius 1 is 1.10 bits per heavy atom. The number of benzene rings is 2. The van der Waals surface area contributed by atoms with E-state index in [1.807, 2.05) is 0 Å². The molecule has 1 atom stereocenters. The van der Waals surface area contributed by atoms with Crippen molar-refractivity contribution in [2.24, 2.45) is 0 Å². The van der Waals surface area contributed by atoms with Crippen LogP contribution in [0, 0.1) is 11.6 Å². The molecule has 0 bridgehead atoms. The van der Waals surface area contributed by atoms with Gasteiger partial charge < -0.3 is 18.9 Å². The fourth-order valence-corrected chi connectivity index (χ4v) is 3.27. The van der Waals surface area contributed by atoms with Crippen LogP contribution in [0.5, 0.6) is 11.5 Å². The lowest BCUT2D eigenvalue weighted by Gasteiger charge is -2.16. The van der Waals surface area contributed by atoms with Crippen molar-refractivity contribution in [2.75, 3.05) is 25.7 Å². The Bertz CT molecular complexity index is 1070. The van der Waals surface area contributed by atoms with E-state index in [-0.39, 0.29) is 36.4 Å². The zero-order chi connectivity index (χ0) is 20.5. The third-order valence-corrected chi connectivity index (χ3v) is 4.79. The highest BCUT2D eigenvalue weighted by Gasteiger charge is 2.35. The first-order valence-electron chi connectivity index (χ1n) is 8.81. The topological polar surface area (TPSA) is 77.7 Å².